The lowest BCUT2D eigenvalue weighted by Crippen LogP contribution is -2.60. The predicted molar refractivity (Wildman–Crippen MR) is 152 cm³/mol. The number of nitrogens with one attached hydrogen (secondary N) is 1. The lowest BCUT2D eigenvalue weighted by Gasteiger charge is -2.42. The average Bonchev–Trinajstić information content (AvgIpc) is 3.34. The van der Waals surface area contributed by atoms with E-state index >= 15 is 0 Å². The number of hydrogen-bond acceptors (Lipinski definition) is 6. The Morgan fingerprint density at radius 2 is 1.66 bits per heavy atom. The molecule has 0 radical (unpaired) electrons. The number of nitrogens with two attached hydrogens (primary N) is 1. The van der Waals surface area contributed by atoms with Crippen molar-refractivity contribution in [1.29, 1.82) is 0 Å². The number of thiophene rings is 1. The van der Waals surface area contributed by atoms with E-state index in [-0.39, 0.29) is 30.9 Å². The van der Waals surface area contributed by atoms with Crippen LogP contribution in [0.1, 0.15) is 31.9 Å². The minimum absolute atomic E-state index is 0.189. The summed E-state index contributed by atoms with van der Waals surface area (Å²) in [5.41, 5.74) is 5.61. The highest BCUT2D eigenvalue weighted by molar-refractivity contribution is 7.17. The highest BCUT2D eigenvalue weighted by Gasteiger charge is 2.47. The second-order valence-electron chi connectivity index (χ2n) is 10.4. The van der Waals surface area contributed by atoms with Crippen molar-refractivity contribution >= 4 is 39.1 Å². The predicted octanol–water partition coefficient (Wildman–Crippen LogP) is 3.14. The van der Waals surface area contributed by atoms with E-state index in [0.29, 0.717) is 12.0 Å². The van der Waals surface area contributed by atoms with E-state index < -0.39 is 17.1 Å². The molecule has 0 saturated heterocycles. The minimum Gasteiger partial charge on any atom is -0.370 e. The molecule has 3 N–H and O–H groups in total. The molecule has 3 amide bonds. The third-order valence-corrected chi connectivity index (χ3v) is 7.74. The summed E-state index contributed by atoms with van der Waals surface area (Å²) in [5.74, 6) is -1.03. The molecule has 0 bridgehead atoms. The Morgan fingerprint density at radius 1 is 1.03 bits per heavy atom. The Bertz CT molecular complexity index is 1270. The summed E-state index contributed by atoms with van der Waals surface area (Å²) in [4.78, 5) is 43.7. The summed E-state index contributed by atoms with van der Waals surface area (Å²) < 4.78 is 6.60. The maximum atomic E-state index is 14.4. The molecule has 8 nitrogen and oxygen atoms in total. The first-order chi connectivity index (χ1) is 17.9. The second-order valence-corrected chi connectivity index (χ2v) is 11.3. The fourth-order valence-corrected chi connectivity index (χ4v) is 5.50. The van der Waals surface area contributed by atoms with Gasteiger partial charge in [-0.05, 0) is 43.2 Å². The van der Waals surface area contributed by atoms with Crippen molar-refractivity contribution in [3.05, 3.63) is 71.1 Å². The van der Waals surface area contributed by atoms with Crippen LogP contribution in [0.3, 0.4) is 0 Å². The van der Waals surface area contributed by atoms with Gasteiger partial charge < -0.3 is 25.6 Å². The van der Waals surface area contributed by atoms with Gasteiger partial charge in [-0.15, -0.1) is 11.3 Å². The summed E-state index contributed by atoms with van der Waals surface area (Å²) >= 11 is 1.51. The number of ether oxygens (including phenoxy) is 1. The Hall–Kier alpha value is -3.27. The Labute approximate surface area is 228 Å². The van der Waals surface area contributed by atoms with Crippen molar-refractivity contribution < 1.29 is 19.1 Å². The molecule has 3 rings (SSSR count). The molecule has 0 aliphatic heterocycles. The molecule has 2 aromatic carbocycles. The summed E-state index contributed by atoms with van der Waals surface area (Å²) in [6.45, 7) is 5.32. The zero-order valence-electron chi connectivity index (χ0n) is 23.0. The molecule has 0 fully saturated rings. The lowest BCUT2D eigenvalue weighted by molar-refractivity contribution is -0.156. The van der Waals surface area contributed by atoms with Crippen LogP contribution in [0, 0.1) is 0 Å². The van der Waals surface area contributed by atoms with Gasteiger partial charge in [-0.3, -0.25) is 14.4 Å². The minimum atomic E-state index is -1.41. The zero-order chi connectivity index (χ0) is 28.1. The molecule has 1 heterocycles. The van der Waals surface area contributed by atoms with Gasteiger partial charge >= 0.3 is 0 Å². The van der Waals surface area contributed by atoms with E-state index in [1.54, 1.807) is 28.1 Å². The maximum absolute atomic E-state index is 14.4. The van der Waals surface area contributed by atoms with Crippen LogP contribution in [-0.4, -0.2) is 73.5 Å². The van der Waals surface area contributed by atoms with Crippen LogP contribution < -0.4 is 11.1 Å². The highest BCUT2D eigenvalue weighted by atomic mass is 32.1. The summed E-state index contributed by atoms with van der Waals surface area (Å²) in [6, 6.07) is 16.5. The van der Waals surface area contributed by atoms with Gasteiger partial charge in [0.05, 0.1) is 6.61 Å². The van der Waals surface area contributed by atoms with Crippen LogP contribution in [0.25, 0.3) is 10.1 Å². The number of hydrogen-bond donors (Lipinski definition) is 2. The highest BCUT2D eigenvalue weighted by Crippen LogP contribution is 2.38. The van der Waals surface area contributed by atoms with Crippen molar-refractivity contribution in [2.24, 2.45) is 5.73 Å². The summed E-state index contributed by atoms with van der Waals surface area (Å²) in [5, 5.41) is 5.48. The van der Waals surface area contributed by atoms with Gasteiger partial charge in [0, 0.05) is 43.4 Å². The molecule has 0 saturated carbocycles. The fraction of sp³-hybridized carbons (Fsp3) is 0.414. The second kappa shape index (κ2) is 12.1. The average molecular weight is 539 g/mol. The normalized spacial score (nSPS) is 14.0. The van der Waals surface area contributed by atoms with Crippen LogP contribution in [0.15, 0.2) is 60.0 Å². The van der Waals surface area contributed by atoms with Crippen molar-refractivity contribution in [1.82, 2.24) is 15.1 Å². The Morgan fingerprint density at radius 3 is 2.29 bits per heavy atom. The van der Waals surface area contributed by atoms with Gasteiger partial charge in [0.1, 0.15) is 18.2 Å². The molecule has 9 heteroatoms. The Kier molecular flexibility index (Phi) is 9.30. The molecule has 38 heavy (non-hydrogen) atoms. The number of rotatable bonds is 11. The van der Waals surface area contributed by atoms with E-state index in [0.717, 1.165) is 15.6 Å². The third kappa shape index (κ3) is 6.40. The van der Waals surface area contributed by atoms with E-state index in [9.17, 15) is 14.4 Å². The van der Waals surface area contributed by atoms with E-state index in [1.165, 1.54) is 21.1 Å². The number of likely N-dealkylation sites (N-methyl/N-ethyl adjacent to an activating group) is 3. The van der Waals surface area contributed by atoms with Gasteiger partial charge in [-0.2, -0.15) is 0 Å². The number of carbonyl (C=O) groups excluding carboxylic acids is 3. The largest absolute Gasteiger partial charge is 0.370 e. The first kappa shape index (κ1) is 29.3. The number of amides is 3. The molecule has 1 aromatic heterocycles. The van der Waals surface area contributed by atoms with Crippen molar-refractivity contribution in [2.75, 3.05) is 34.4 Å². The molecular weight excluding hydrogens is 500 g/mol. The Balaban J connectivity index is 2.03. The molecule has 3 aromatic rings. The third-order valence-electron chi connectivity index (χ3n) is 6.78. The molecule has 0 unspecified atom stereocenters. The van der Waals surface area contributed by atoms with Gasteiger partial charge in [0.25, 0.3) is 5.91 Å². The van der Waals surface area contributed by atoms with E-state index in [2.05, 4.69) is 5.32 Å². The number of fused-ring (bicyclic) bond motifs is 1. The number of benzene rings is 2. The van der Waals surface area contributed by atoms with Crippen molar-refractivity contribution in [3.63, 3.8) is 0 Å². The monoisotopic (exact) mass is 538 g/mol. The molecule has 2 atom stereocenters. The van der Waals surface area contributed by atoms with Gasteiger partial charge in [0.15, 0.2) is 0 Å². The summed E-state index contributed by atoms with van der Waals surface area (Å²) in [6.07, 6.45) is 0.329. The van der Waals surface area contributed by atoms with Crippen LogP contribution in [0.2, 0.25) is 0 Å². The lowest BCUT2D eigenvalue weighted by atomic mass is 9.87. The van der Waals surface area contributed by atoms with Gasteiger partial charge in [-0.1, -0.05) is 48.5 Å². The smallest absolute Gasteiger partial charge is 0.253 e. The first-order valence-corrected chi connectivity index (χ1v) is 13.4. The van der Waals surface area contributed by atoms with Crippen LogP contribution in [-0.2, 0) is 31.1 Å². The molecule has 0 aliphatic rings. The zero-order valence-corrected chi connectivity index (χ0v) is 23.8. The van der Waals surface area contributed by atoms with Crippen LogP contribution >= 0.6 is 11.3 Å². The van der Waals surface area contributed by atoms with Crippen LogP contribution in [0.5, 0.6) is 0 Å². The fourth-order valence-electron chi connectivity index (χ4n) is 4.44. The topological polar surface area (TPSA) is 105 Å². The van der Waals surface area contributed by atoms with Crippen molar-refractivity contribution in [2.45, 2.75) is 44.3 Å². The SMILES string of the molecule is CNC(=O)[C@@H](Cc1ccccc1)N(C)C(=O)[C@@](C)(c1csc2ccccc12)N(C)C(=O)COCC(C)(C)N. The molecule has 0 spiro atoms. The quantitative estimate of drug-likeness (QED) is 0.390. The summed E-state index contributed by atoms with van der Waals surface area (Å²) in [7, 11) is 4.77. The standard InChI is InChI=1S/C29H38N4O4S/c1-28(2,30)19-37-17-25(34)33(6)29(3,22-18-38-24-15-11-10-14-21(22)24)27(36)32(5)23(26(35)31-4)16-20-12-8-7-9-13-20/h7-15,18,23H,16-17,19,30H2,1-6H3,(H,31,35)/t23-,29-/m1/s1. The van der Waals surface area contributed by atoms with Gasteiger partial charge in [0.2, 0.25) is 11.8 Å². The first-order valence-electron chi connectivity index (χ1n) is 12.5. The molecule has 0 aliphatic carbocycles. The van der Waals surface area contributed by atoms with Crippen molar-refractivity contribution in [3.8, 4) is 0 Å². The van der Waals surface area contributed by atoms with Crippen LogP contribution in [0.4, 0.5) is 0 Å². The maximum Gasteiger partial charge on any atom is 0.253 e. The van der Waals surface area contributed by atoms with E-state index in [1.807, 2.05) is 73.8 Å². The number of nitrogens with zero attached hydrogens (tertiary/aromatic N) is 2. The molecule has 204 valence electrons. The molecular formula is C29H38N4O4S. The number of carbonyl (C=O) groups is 3. The van der Waals surface area contributed by atoms with E-state index in [4.69, 9.17) is 10.5 Å². The van der Waals surface area contributed by atoms with Gasteiger partial charge in [-0.25, -0.2) is 0 Å².